The molecule has 3 fully saturated rings. The van der Waals surface area contributed by atoms with Crippen molar-refractivity contribution < 1.29 is 18.0 Å². The van der Waals surface area contributed by atoms with Gasteiger partial charge in [0.05, 0.1) is 29.8 Å². The quantitative estimate of drug-likeness (QED) is 0.240. The van der Waals surface area contributed by atoms with Crippen LogP contribution in [0.3, 0.4) is 0 Å². The predicted octanol–water partition coefficient (Wildman–Crippen LogP) is 6.44. The van der Waals surface area contributed by atoms with Crippen molar-refractivity contribution in [3.8, 4) is 34.7 Å². The highest BCUT2D eigenvalue weighted by molar-refractivity contribution is 6.10. The van der Waals surface area contributed by atoms with Gasteiger partial charge in [-0.25, -0.2) is 4.98 Å². The number of pyridine rings is 1. The van der Waals surface area contributed by atoms with Gasteiger partial charge in [0.2, 0.25) is 0 Å². The number of nitrogens with one attached hydrogen (secondary N) is 1. The van der Waals surface area contributed by atoms with Crippen LogP contribution >= 0.6 is 0 Å². The number of carbonyl (C=O) groups excluding carboxylic acids is 1. The van der Waals surface area contributed by atoms with Crippen LogP contribution in [0.1, 0.15) is 71.1 Å². The molecule has 2 aromatic carbocycles. The number of benzene rings is 2. The molecule has 10 nitrogen and oxygen atoms in total. The molecule has 1 N–H and O–H groups in total. The molecule has 248 valence electrons. The summed E-state index contributed by atoms with van der Waals surface area (Å²) >= 11 is 0. The second-order valence-corrected chi connectivity index (χ2v) is 13.9. The van der Waals surface area contributed by atoms with Gasteiger partial charge in [-0.1, -0.05) is 0 Å². The summed E-state index contributed by atoms with van der Waals surface area (Å²) in [4.78, 5) is 22.3. The van der Waals surface area contributed by atoms with Crippen molar-refractivity contribution in [2.75, 3.05) is 23.3 Å². The van der Waals surface area contributed by atoms with Crippen LogP contribution in [0.5, 0.6) is 0 Å². The maximum Gasteiger partial charge on any atom is 0.416 e. The number of anilines is 2. The molecule has 2 aromatic heterocycles. The van der Waals surface area contributed by atoms with Crippen LogP contribution < -0.4 is 10.2 Å². The van der Waals surface area contributed by atoms with Gasteiger partial charge < -0.3 is 9.88 Å². The van der Waals surface area contributed by atoms with Gasteiger partial charge in [-0.05, 0) is 115 Å². The summed E-state index contributed by atoms with van der Waals surface area (Å²) in [5.41, 5.74) is 1.21. The Bertz CT molecular complexity index is 2100. The lowest BCUT2D eigenvalue weighted by Crippen LogP contribution is -2.43. The summed E-state index contributed by atoms with van der Waals surface area (Å²) in [6.07, 6.45) is 2.32. The van der Waals surface area contributed by atoms with Gasteiger partial charge in [0, 0.05) is 31.3 Å². The molecule has 0 unspecified atom stereocenters. The fourth-order valence-electron chi connectivity index (χ4n) is 7.49. The van der Waals surface area contributed by atoms with Crippen LogP contribution in [-0.2, 0) is 26.3 Å². The van der Waals surface area contributed by atoms with Gasteiger partial charge in [-0.15, -0.1) is 10.2 Å². The summed E-state index contributed by atoms with van der Waals surface area (Å²) in [5, 5.41) is 31.3. The van der Waals surface area contributed by atoms with E-state index in [-0.39, 0.29) is 23.5 Å². The molecule has 4 aliphatic rings. The Labute approximate surface area is 280 Å². The van der Waals surface area contributed by atoms with E-state index in [1.165, 1.54) is 11.0 Å². The Balaban J connectivity index is 1.22. The monoisotopic (exact) mass is 663 g/mol. The number of likely N-dealkylation sites (tertiary alicyclic amines) is 1. The number of nitriles is 2. The van der Waals surface area contributed by atoms with Crippen molar-refractivity contribution >= 4 is 17.5 Å². The molecule has 1 amide bonds. The molecule has 1 spiro atoms. The van der Waals surface area contributed by atoms with Crippen molar-refractivity contribution in [2.24, 2.45) is 12.5 Å². The third-order valence-electron chi connectivity index (χ3n) is 10.6. The van der Waals surface area contributed by atoms with Gasteiger partial charge in [-0.3, -0.25) is 14.6 Å². The molecule has 0 bridgehead atoms. The first-order chi connectivity index (χ1) is 23.5. The van der Waals surface area contributed by atoms with Gasteiger partial charge in [0.1, 0.15) is 23.5 Å². The number of alkyl halides is 3. The zero-order valence-electron chi connectivity index (χ0n) is 26.8. The van der Waals surface area contributed by atoms with Crippen LogP contribution in [-0.4, -0.2) is 49.2 Å². The second-order valence-electron chi connectivity index (χ2n) is 13.9. The standard InChI is InChI=1S/C36H32F3N9O/c1-46-21-42-45-32(46)25-4-3-22(16-40)11-26(25)24-14-30(44-35(19-41)5-2-6-35)43-31(15-24)48-18-28-27(33(48)49)12-23(13-29(28)36(37,38)39)17-47-10-9-34(20-47)7-8-34/h3-4,11-15,21H,2,5-10,17-18,20H2,1H3,(H,43,44). The van der Waals surface area contributed by atoms with E-state index in [0.717, 1.165) is 38.8 Å². The minimum Gasteiger partial charge on any atom is -0.352 e. The van der Waals surface area contributed by atoms with E-state index in [2.05, 4.69) is 32.6 Å². The smallest absolute Gasteiger partial charge is 0.352 e. The average Bonchev–Trinajstić information content (AvgIpc) is 3.32. The lowest BCUT2D eigenvalue weighted by molar-refractivity contribution is -0.138. The molecule has 4 aromatic rings. The van der Waals surface area contributed by atoms with Gasteiger partial charge in [0.15, 0.2) is 5.82 Å². The van der Waals surface area contributed by atoms with Crippen molar-refractivity contribution in [3.05, 3.63) is 76.6 Å². The number of halogens is 3. The van der Waals surface area contributed by atoms with Crippen LogP contribution in [0, 0.1) is 28.1 Å². The van der Waals surface area contributed by atoms with E-state index < -0.39 is 23.2 Å². The third kappa shape index (κ3) is 5.48. The van der Waals surface area contributed by atoms with Gasteiger partial charge in [-0.2, -0.15) is 23.7 Å². The molecule has 4 heterocycles. The first-order valence-corrected chi connectivity index (χ1v) is 16.4. The van der Waals surface area contributed by atoms with Crippen LogP contribution in [0.15, 0.2) is 48.8 Å². The maximum atomic E-state index is 14.6. The molecule has 49 heavy (non-hydrogen) atoms. The third-order valence-corrected chi connectivity index (χ3v) is 10.6. The summed E-state index contributed by atoms with van der Waals surface area (Å²) in [6, 6.07) is 15.8. The van der Waals surface area contributed by atoms with E-state index in [1.807, 2.05) is 0 Å². The number of carbonyl (C=O) groups is 1. The summed E-state index contributed by atoms with van der Waals surface area (Å²) < 4.78 is 45.5. The summed E-state index contributed by atoms with van der Waals surface area (Å²) in [7, 11) is 1.79. The number of amides is 1. The van der Waals surface area contributed by atoms with E-state index in [9.17, 15) is 28.5 Å². The minimum atomic E-state index is -4.66. The highest BCUT2D eigenvalue weighted by atomic mass is 19.4. The molecule has 2 saturated carbocycles. The first-order valence-electron chi connectivity index (χ1n) is 16.4. The van der Waals surface area contributed by atoms with Crippen LogP contribution in [0.2, 0.25) is 0 Å². The van der Waals surface area contributed by atoms with Gasteiger partial charge >= 0.3 is 6.18 Å². The molecule has 13 heteroatoms. The van der Waals surface area contributed by atoms with E-state index in [0.29, 0.717) is 64.3 Å². The van der Waals surface area contributed by atoms with E-state index >= 15 is 0 Å². The zero-order valence-corrected chi connectivity index (χ0v) is 26.8. The molecule has 2 aliphatic heterocycles. The Morgan fingerprint density at radius 2 is 1.82 bits per heavy atom. The predicted molar refractivity (Wildman–Crippen MR) is 174 cm³/mol. The Morgan fingerprint density at radius 3 is 2.45 bits per heavy atom. The Morgan fingerprint density at radius 1 is 1.00 bits per heavy atom. The van der Waals surface area contributed by atoms with Crippen molar-refractivity contribution in [1.29, 1.82) is 10.5 Å². The Kier molecular flexibility index (Phi) is 7.05. The van der Waals surface area contributed by atoms with Crippen molar-refractivity contribution in [2.45, 2.75) is 63.3 Å². The molecule has 0 atom stereocenters. The number of hydrogen-bond acceptors (Lipinski definition) is 8. The number of aromatic nitrogens is 4. The average molecular weight is 664 g/mol. The van der Waals surface area contributed by atoms with Gasteiger partial charge in [0.25, 0.3) is 5.91 Å². The lowest BCUT2D eigenvalue weighted by atomic mass is 9.78. The number of hydrogen-bond donors (Lipinski definition) is 1. The number of fused-ring (bicyclic) bond motifs is 1. The fraction of sp³-hybridized carbons (Fsp3) is 0.389. The first kappa shape index (κ1) is 31.0. The minimum absolute atomic E-state index is 0.0191. The Hall–Kier alpha value is -5.27. The maximum absolute atomic E-state index is 14.6. The number of rotatable bonds is 7. The molecule has 1 saturated heterocycles. The molecule has 8 rings (SSSR count). The highest BCUT2D eigenvalue weighted by Gasteiger charge is 2.48. The number of aryl methyl sites for hydroxylation is 1. The topological polar surface area (TPSA) is 127 Å². The van der Waals surface area contributed by atoms with Crippen LogP contribution in [0.4, 0.5) is 24.8 Å². The molecule has 2 aliphatic carbocycles. The largest absolute Gasteiger partial charge is 0.416 e. The van der Waals surface area contributed by atoms with Crippen molar-refractivity contribution in [1.82, 2.24) is 24.6 Å². The van der Waals surface area contributed by atoms with Crippen molar-refractivity contribution in [3.63, 3.8) is 0 Å². The molecule has 0 radical (unpaired) electrons. The molecular formula is C36H32F3N9O. The van der Waals surface area contributed by atoms with Crippen LogP contribution in [0.25, 0.3) is 22.5 Å². The number of nitrogens with zero attached hydrogens (tertiary/aromatic N) is 8. The zero-order chi connectivity index (χ0) is 34.1. The van der Waals surface area contributed by atoms with E-state index in [1.54, 1.807) is 54.3 Å². The summed E-state index contributed by atoms with van der Waals surface area (Å²) in [6.45, 7) is 1.73. The molecular weight excluding hydrogens is 631 g/mol. The lowest BCUT2D eigenvalue weighted by Gasteiger charge is -2.36. The highest BCUT2D eigenvalue weighted by Crippen LogP contribution is 2.53. The summed E-state index contributed by atoms with van der Waals surface area (Å²) in [5.74, 6) is 0.377. The fourth-order valence-corrected chi connectivity index (χ4v) is 7.49. The normalized spacial score (nSPS) is 19.0. The second kappa shape index (κ2) is 11.1. The van der Waals surface area contributed by atoms with E-state index in [4.69, 9.17) is 4.98 Å². The SMILES string of the molecule is Cn1cnnc1-c1ccc(C#N)cc1-c1cc(NC2(C#N)CCC2)nc(N2Cc3c(cc(CN4CCC5(CC5)C4)cc3C(F)(F)F)C2=O)c1.